The molecule has 134 valence electrons. The number of carbonyl (C=O) groups excluding carboxylic acids is 2. The Bertz CT molecular complexity index is 734. The largest absolute Gasteiger partial charge is 0.466 e. The monoisotopic (exact) mass is 344 g/mol. The van der Waals surface area contributed by atoms with Crippen molar-refractivity contribution in [3.8, 4) is 0 Å². The third-order valence-corrected chi connectivity index (χ3v) is 4.59. The van der Waals surface area contributed by atoms with E-state index in [2.05, 4.69) is 4.98 Å². The number of hydrogen-bond acceptors (Lipinski definition) is 5. The van der Waals surface area contributed by atoms with E-state index in [-0.39, 0.29) is 25.1 Å². The fourth-order valence-corrected chi connectivity index (χ4v) is 3.33. The maximum Gasteiger partial charge on any atom is 0.330 e. The summed E-state index contributed by atoms with van der Waals surface area (Å²) in [7, 11) is 0. The van der Waals surface area contributed by atoms with Gasteiger partial charge in [0.25, 0.3) is 0 Å². The smallest absolute Gasteiger partial charge is 0.330 e. The molecule has 1 heterocycles. The van der Waals surface area contributed by atoms with E-state index >= 15 is 0 Å². The summed E-state index contributed by atoms with van der Waals surface area (Å²) in [5.41, 5.74) is 1.58. The van der Waals surface area contributed by atoms with Crippen molar-refractivity contribution >= 4 is 23.0 Å². The summed E-state index contributed by atoms with van der Waals surface area (Å²) in [6.45, 7) is 2.04. The molecule has 1 aliphatic carbocycles. The average Bonchev–Trinajstić information content (AvgIpc) is 3.04. The van der Waals surface area contributed by atoms with Crippen LogP contribution in [0.1, 0.15) is 51.5 Å². The van der Waals surface area contributed by atoms with Crippen molar-refractivity contribution in [1.29, 1.82) is 0 Å². The van der Waals surface area contributed by atoms with Crippen molar-refractivity contribution in [3.63, 3.8) is 0 Å². The summed E-state index contributed by atoms with van der Waals surface area (Å²) >= 11 is 0. The molecule has 0 N–H and O–H groups in total. The Hall–Kier alpha value is -2.37. The topological polar surface area (TPSA) is 70.4 Å². The predicted octanol–water partition coefficient (Wildman–Crippen LogP) is 3.41. The van der Waals surface area contributed by atoms with Gasteiger partial charge in [0, 0.05) is 0 Å². The third kappa shape index (κ3) is 4.18. The van der Waals surface area contributed by atoms with Gasteiger partial charge in [-0.3, -0.25) is 4.79 Å². The van der Waals surface area contributed by atoms with Crippen LogP contribution in [0.15, 0.2) is 30.6 Å². The van der Waals surface area contributed by atoms with Gasteiger partial charge in [-0.15, -0.1) is 0 Å². The standard InChI is InChI=1S/C19H24N2O4/c1-2-24-18(22)12-17(19(23)25-14-8-4-3-5-9-14)21-13-20-15-10-6-7-11-16(15)21/h6-7,10-11,13-14,17H,2-5,8-9,12H2,1H3. The first kappa shape index (κ1) is 17.5. The van der Waals surface area contributed by atoms with Crippen molar-refractivity contribution in [2.24, 2.45) is 0 Å². The normalized spacial score (nSPS) is 16.5. The second-order valence-electron chi connectivity index (χ2n) is 6.36. The van der Waals surface area contributed by atoms with E-state index in [1.165, 1.54) is 6.42 Å². The highest BCUT2D eigenvalue weighted by atomic mass is 16.5. The quantitative estimate of drug-likeness (QED) is 0.751. The Morgan fingerprint density at radius 1 is 1.24 bits per heavy atom. The number of ether oxygens (including phenoxy) is 2. The lowest BCUT2D eigenvalue weighted by molar-refractivity contribution is -0.159. The van der Waals surface area contributed by atoms with Crippen LogP contribution < -0.4 is 0 Å². The van der Waals surface area contributed by atoms with Crippen LogP contribution in [-0.2, 0) is 19.1 Å². The molecule has 1 unspecified atom stereocenters. The first-order valence-corrected chi connectivity index (χ1v) is 8.96. The lowest BCUT2D eigenvalue weighted by Gasteiger charge is -2.25. The Labute approximate surface area is 147 Å². The molecule has 0 amide bonds. The molecule has 6 heteroatoms. The number of fused-ring (bicyclic) bond motifs is 1. The minimum absolute atomic E-state index is 0.0549. The van der Waals surface area contributed by atoms with Crippen LogP contribution in [0.3, 0.4) is 0 Å². The molecule has 1 aliphatic rings. The summed E-state index contributed by atoms with van der Waals surface area (Å²) in [5.74, 6) is -0.797. The number of hydrogen-bond donors (Lipinski definition) is 0. The molecule has 0 aliphatic heterocycles. The summed E-state index contributed by atoms with van der Waals surface area (Å²) < 4.78 is 12.5. The molecular formula is C19H24N2O4. The summed E-state index contributed by atoms with van der Waals surface area (Å²) in [6.07, 6.45) is 6.61. The number of rotatable bonds is 6. The van der Waals surface area contributed by atoms with Gasteiger partial charge in [-0.2, -0.15) is 0 Å². The number of carbonyl (C=O) groups is 2. The number of aromatic nitrogens is 2. The second kappa shape index (κ2) is 8.14. The van der Waals surface area contributed by atoms with Crippen molar-refractivity contribution in [1.82, 2.24) is 9.55 Å². The minimum atomic E-state index is -0.756. The van der Waals surface area contributed by atoms with Gasteiger partial charge < -0.3 is 14.0 Å². The van der Waals surface area contributed by atoms with E-state index in [9.17, 15) is 9.59 Å². The molecule has 6 nitrogen and oxygen atoms in total. The molecular weight excluding hydrogens is 320 g/mol. The fourth-order valence-electron chi connectivity index (χ4n) is 3.33. The van der Waals surface area contributed by atoms with Gasteiger partial charge in [-0.25, -0.2) is 9.78 Å². The molecule has 0 spiro atoms. The maximum absolute atomic E-state index is 12.8. The summed E-state index contributed by atoms with van der Waals surface area (Å²) in [6, 6.07) is 6.77. The first-order chi connectivity index (χ1) is 12.2. The van der Waals surface area contributed by atoms with Crippen molar-refractivity contribution in [2.45, 2.75) is 57.6 Å². The average molecular weight is 344 g/mol. The SMILES string of the molecule is CCOC(=O)CC(C(=O)OC1CCCCC1)n1cnc2ccccc21. The molecule has 1 saturated carbocycles. The lowest BCUT2D eigenvalue weighted by Crippen LogP contribution is -2.29. The van der Waals surface area contributed by atoms with E-state index in [0.717, 1.165) is 36.7 Å². The van der Waals surface area contributed by atoms with Gasteiger partial charge in [-0.1, -0.05) is 18.6 Å². The Morgan fingerprint density at radius 3 is 2.76 bits per heavy atom. The van der Waals surface area contributed by atoms with Crippen LogP contribution in [0, 0.1) is 0 Å². The lowest BCUT2D eigenvalue weighted by atomic mass is 9.98. The number of para-hydroxylation sites is 2. The van der Waals surface area contributed by atoms with Gasteiger partial charge in [0.15, 0.2) is 0 Å². The molecule has 1 aromatic carbocycles. The van der Waals surface area contributed by atoms with E-state index < -0.39 is 12.0 Å². The number of benzene rings is 1. The molecule has 1 aromatic heterocycles. The second-order valence-corrected chi connectivity index (χ2v) is 6.36. The van der Waals surface area contributed by atoms with Crippen LogP contribution in [0.4, 0.5) is 0 Å². The molecule has 25 heavy (non-hydrogen) atoms. The number of nitrogens with zero attached hydrogens (tertiary/aromatic N) is 2. The first-order valence-electron chi connectivity index (χ1n) is 8.96. The number of esters is 2. The van der Waals surface area contributed by atoms with E-state index in [0.29, 0.717) is 0 Å². The zero-order chi connectivity index (χ0) is 17.6. The molecule has 2 aromatic rings. The van der Waals surface area contributed by atoms with E-state index in [1.54, 1.807) is 17.8 Å². The zero-order valence-electron chi connectivity index (χ0n) is 14.5. The fraction of sp³-hybridized carbons (Fsp3) is 0.526. The Kier molecular flexibility index (Phi) is 5.68. The van der Waals surface area contributed by atoms with Crippen LogP contribution >= 0.6 is 0 Å². The minimum Gasteiger partial charge on any atom is -0.466 e. The Morgan fingerprint density at radius 2 is 2.00 bits per heavy atom. The molecule has 1 fully saturated rings. The van der Waals surface area contributed by atoms with Crippen molar-refractivity contribution in [3.05, 3.63) is 30.6 Å². The zero-order valence-corrected chi connectivity index (χ0v) is 14.5. The van der Waals surface area contributed by atoms with Crippen molar-refractivity contribution in [2.75, 3.05) is 6.61 Å². The van der Waals surface area contributed by atoms with Gasteiger partial charge in [0.05, 0.1) is 30.4 Å². The van der Waals surface area contributed by atoms with Crippen molar-refractivity contribution < 1.29 is 19.1 Å². The molecule has 0 bridgehead atoms. The molecule has 3 rings (SSSR count). The molecule has 1 atom stereocenters. The predicted molar refractivity (Wildman–Crippen MR) is 93.0 cm³/mol. The molecule has 0 saturated heterocycles. The van der Waals surface area contributed by atoms with Crippen LogP contribution in [0.2, 0.25) is 0 Å². The van der Waals surface area contributed by atoms with Crippen LogP contribution in [0.5, 0.6) is 0 Å². The third-order valence-electron chi connectivity index (χ3n) is 4.59. The van der Waals surface area contributed by atoms with E-state index in [1.807, 2.05) is 24.3 Å². The van der Waals surface area contributed by atoms with Gasteiger partial charge in [0.2, 0.25) is 0 Å². The van der Waals surface area contributed by atoms with Gasteiger partial charge >= 0.3 is 11.9 Å². The highest BCUT2D eigenvalue weighted by Crippen LogP contribution is 2.26. The number of imidazole rings is 1. The van der Waals surface area contributed by atoms with E-state index in [4.69, 9.17) is 9.47 Å². The van der Waals surface area contributed by atoms with Crippen LogP contribution in [0.25, 0.3) is 11.0 Å². The highest BCUT2D eigenvalue weighted by Gasteiger charge is 2.30. The summed E-state index contributed by atoms with van der Waals surface area (Å²) in [4.78, 5) is 29.2. The summed E-state index contributed by atoms with van der Waals surface area (Å²) in [5, 5.41) is 0. The molecule has 0 radical (unpaired) electrons. The van der Waals surface area contributed by atoms with Crippen LogP contribution in [-0.4, -0.2) is 34.2 Å². The van der Waals surface area contributed by atoms with Gasteiger partial charge in [0.1, 0.15) is 12.1 Å². The highest BCUT2D eigenvalue weighted by molar-refractivity contribution is 5.84. The maximum atomic E-state index is 12.8. The Balaban J connectivity index is 1.83. The van der Waals surface area contributed by atoms with Gasteiger partial charge in [-0.05, 0) is 44.7 Å².